The van der Waals surface area contributed by atoms with Gasteiger partial charge in [-0.05, 0) is 38.1 Å². The van der Waals surface area contributed by atoms with Gasteiger partial charge in [0.2, 0.25) is 5.78 Å². The molecule has 1 aromatic carbocycles. The van der Waals surface area contributed by atoms with Gasteiger partial charge in [-0.2, -0.15) is 0 Å². The van der Waals surface area contributed by atoms with Crippen molar-refractivity contribution in [1.29, 1.82) is 0 Å². The van der Waals surface area contributed by atoms with E-state index < -0.39 is 70.1 Å². The van der Waals surface area contributed by atoms with Crippen molar-refractivity contribution in [3.63, 3.8) is 0 Å². The Labute approximate surface area is 221 Å². The summed E-state index contributed by atoms with van der Waals surface area (Å²) in [5.41, 5.74) is 2.08. The molecule has 4 rings (SSSR count). The third-order valence-electron chi connectivity index (χ3n) is 8.28. The predicted molar refractivity (Wildman–Crippen MR) is 138 cm³/mol. The first-order valence-electron chi connectivity index (χ1n) is 13.0. The van der Waals surface area contributed by atoms with Crippen LogP contribution in [0.15, 0.2) is 40.9 Å². The van der Waals surface area contributed by atoms with Gasteiger partial charge in [-0.15, -0.1) is 0 Å². The molecule has 6 atom stereocenters. The number of aromatic hydroxyl groups is 1. The van der Waals surface area contributed by atoms with E-state index in [2.05, 4.69) is 6.92 Å². The second-order valence-electron chi connectivity index (χ2n) is 10.7. The third kappa shape index (κ3) is 3.93. The number of fused-ring (bicyclic) bond motifs is 3. The first-order valence-corrected chi connectivity index (χ1v) is 13.0. The Hall–Kier alpha value is -3.21. The summed E-state index contributed by atoms with van der Waals surface area (Å²) in [5.74, 6) is -7.68. The first kappa shape index (κ1) is 27.8. The third-order valence-corrected chi connectivity index (χ3v) is 8.28. The van der Waals surface area contributed by atoms with Crippen LogP contribution in [0.5, 0.6) is 5.75 Å². The smallest absolute Gasteiger partial charge is 0.255 e. The number of ether oxygens (including phenoxy) is 1. The molecule has 0 saturated heterocycles. The minimum atomic E-state index is -2.78. The summed E-state index contributed by atoms with van der Waals surface area (Å²) in [7, 11) is 3.18. The number of nitrogens with zero attached hydrogens (tertiary/aromatic N) is 1. The zero-order valence-corrected chi connectivity index (χ0v) is 22.1. The van der Waals surface area contributed by atoms with Gasteiger partial charge in [-0.1, -0.05) is 45.2 Å². The van der Waals surface area contributed by atoms with Crippen LogP contribution in [0.1, 0.15) is 61.4 Å². The number of rotatable bonds is 8. The van der Waals surface area contributed by atoms with Crippen LogP contribution in [0.25, 0.3) is 0 Å². The van der Waals surface area contributed by atoms with Gasteiger partial charge in [0.15, 0.2) is 11.4 Å². The normalized spacial score (nSPS) is 30.8. The van der Waals surface area contributed by atoms with Crippen molar-refractivity contribution >= 4 is 17.5 Å². The van der Waals surface area contributed by atoms with E-state index in [1.807, 2.05) is 6.92 Å². The number of carbonyl (C=O) groups is 3. The largest absolute Gasteiger partial charge is 0.510 e. The Morgan fingerprint density at radius 1 is 1.13 bits per heavy atom. The summed E-state index contributed by atoms with van der Waals surface area (Å²) in [6.45, 7) is 4.14. The van der Waals surface area contributed by atoms with Crippen LogP contribution < -0.4 is 5.73 Å². The van der Waals surface area contributed by atoms with E-state index in [-0.39, 0.29) is 23.5 Å². The zero-order valence-electron chi connectivity index (χ0n) is 22.1. The Morgan fingerprint density at radius 3 is 2.42 bits per heavy atom. The lowest BCUT2D eigenvalue weighted by Gasteiger charge is -2.54. The van der Waals surface area contributed by atoms with E-state index in [1.165, 1.54) is 11.0 Å². The summed E-state index contributed by atoms with van der Waals surface area (Å²) in [6, 6.07) is 3.54. The van der Waals surface area contributed by atoms with E-state index in [0.717, 1.165) is 19.3 Å². The maximum absolute atomic E-state index is 13.8. The fraction of sp³-hybridized carbons (Fsp3) is 0.536. The molecule has 206 valence electrons. The number of ketones is 2. The minimum absolute atomic E-state index is 0.0255. The van der Waals surface area contributed by atoms with E-state index in [4.69, 9.17) is 10.5 Å². The van der Waals surface area contributed by atoms with Gasteiger partial charge in [-0.3, -0.25) is 19.3 Å². The fourth-order valence-electron chi connectivity index (χ4n) is 6.50. The number of Topliss-reactive ketones (excluding diaryl/α,β-unsaturated/α-hetero) is 2. The van der Waals surface area contributed by atoms with Gasteiger partial charge in [-0.25, -0.2) is 0 Å². The monoisotopic (exact) mass is 528 g/mol. The Balaban J connectivity index is 1.98. The molecule has 0 unspecified atom stereocenters. The van der Waals surface area contributed by atoms with Crippen molar-refractivity contribution in [2.75, 3.05) is 20.7 Å². The van der Waals surface area contributed by atoms with Crippen LogP contribution >= 0.6 is 0 Å². The molecule has 38 heavy (non-hydrogen) atoms. The lowest BCUT2D eigenvalue weighted by Crippen LogP contribution is -2.69. The highest BCUT2D eigenvalue weighted by molar-refractivity contribution is 6.25. The Kier molecular flexibility index (Phi) is 7.44. The summed E-state index contributed by atoms with van der Waals surface area (Å²) < 4.78 is 6.37. The number of aliphatic hydroxyl groups excluding tert-OH is 2. The highest BCUT2D eigenvalue weighted by atomic mass is 16.5. The molecule has 1 amide bonds. The molecule has 10 heteroatoms. The van der Waals surface area contributed by atoms with Crippen molar-refractivity contribution in [2.24, 2.45) is 17.6 Å². The average molecular weight is 529 g/mol. The molecule has 0 bridgehead atoms. The molecule has 0 aromatic heterocycles. The van der Waals surface area contributed by atoms with E-state index in [1.54, 1.807) is 26.2 Å². The predicted octanol–water partition coefficient (Wildman–Crippen LogP) is 2.26. The molecule has 3 aliphatic carbocycles. The van der Waals surface area contributed by atoms with E-state index in [9.17, 15) is 34.8 Å². The van der Waals surface area contributed by atoms with E-state index >= 15 is 0 Å². The number of unbranched alkanes of at least 4 members (excludes halogenated alkanes) is 3. The number of likely N-dealkylation sites (N-methyl/N-ethyl adjacent to an activating group) is 1. The lowest BCUT2D eigenvalue weighted by atomic mass is 9.55. The Morgan fingerprint density at radius 2 is 1.82 bits per heavy atom. The van der Waals surface area contributed by atoms with Crippen molar-refractivity contribution in [3.05, 3.63) is 52.0 Å². The summed E-state index contributed by atoms with van der Waals surface area (Å²) in [4.78, 5) is 41.2. The number of benzene rings is 1. The van der Waals surface area contributed by atoms with Gasteiger partial charge >= 0.3 is 0 Å². The average Bonchev–Trinajstić information content (AvgIpc) is 2.84. The molecule has 6 N–H and O–H groups in total. The number of phenols is 1. The van der Waals surface area contributed by atoms with Crippen LogP contribution in [-0.2, 0) is 14.3 Å². The molecule has 10 nitrogen and oxygen atoms in total. The van der Waals surface area contributed by atoms with Gasteiger partial charge in [0.25, 0.3) is 5.91 Å². The number of phenolic OH excluding ortho intramolecular Hbond substituents is 1. The molecule has 1 aromatic rings. The van der Waals surface area contributed by atoms with Crippen LogP contribution in [-0.4, -0.2) is 81.2 Å². The molecular formula is C28H36N2O8. The number of amides is 1. The summed E-state index contributed by atoms with van der Waals surface area (Å²) in [6.07, 6.45) is 2.54. The molecule has 0 heterocycles. The molecule has 3 aliphatic rings. The second-order valence-corrected chi connectivity index (χ2v) is 10.7. The molecule has 0 radical (unpaired) electrons. The maximum atomic E-state index is 13.8. The highest BCUT2D eigenvalue weighted by Gasteiger charge is 2.67. The maximum Gasteiger partial charge on any atom is 0.255 e. The van der Waals surface area contributed by atoms with Crippen molar-refractivity contribution < 1.29 is 39.5 Å². The summed E-state index contributed by atoms with van der Waals surface area (Å²) >= 11 is 0. The van der Waals surface area contributed by atoms with Gasteiger partial charge < -0.3 is 30.9 Å². The molecule has 0 aliphatic heterocycles. The van der Waals surface area contributed by atoms with Crippen LogP contribution in [0, 0.1) is 11.8 Å². The summed E-state index contributed by atoms with van der Waals surface area (Å²) in [5, 5.41) is 45.2. The SMILES string of the molecule is CCCCCCO[C@@H]1[C@H]2C(=C(O)[C@@]3(O)C(=O)C(C(N)=O)=C(O)[C@H](N(C)C)[C@@H]13)C(=O)c1c(O)cccc1[C@H]2C. The van der Waals surface area contributed by atoms with Gasteiger partial charge in [0.05, 0.1) is 23.6 Å². The molecule has 0 spiro atoms. The van der Waals surface area contributed by atoms with Crippen molar-refractivity contribution in [2.45, 2.75) is 63.2 Å². The number of aliphatic hydroxyl groups is 3. The highest BCUT2D eigenvalue weighted by Crippen LogP contribution is 2.56. The zero-order chi connectivity index (χ0) is 28.1. The second kappa shape index (κ2) is 10.2. The Bertz CT molecular complexity index is 1240. The van der Waals surface area contributed by atoms with Crippen LogP contribution in [0.2, 0.25) is 0 Å². The quantitative estimate of drug-likeness (QED) is 0.251. The minimum Gasteiger partial charge on any atom is -0.510 e. The molecule has 0 fully saturated rings. The number of hydrogen-bond donors (Lipinski definition) is 5. The number of primary amides is 1. The van der Waals surface area contributed by atoms with Gasteiger partial charge in [0.1, 0.15) is 22.8 Å². The van der Waals surface area contributed by atoms with Crippen molar-refractivity contribution in [1.82, 2.24) is 4.90 Å². The van der Waals surface area contributed by atoms with Crippen LogP contribution in [0.3, 0.4) is 0 Å². The standard InChI is InChI=1S/C28H36N2O8/c1-5-6-7-8-12-38-24-16-13(2)14-10-9-11-15(31)17(14)22(32)18(16)25(34)28(37)20(24)21(30(3)4)23(33)19(26(28)35)27(29)36/h9-11,13,16,20-21,24,31,33-34,37H,5-8,12H2,1-4H3,(H2,29,36)/t13-,16-,20+,21-,24-,28-/m1/s1. The lowest BCUT2D eigenvalue weighted by molar-refractivity contribution is -0.169. The van der Waals surface area contributed by atoms with Crippen LogP contribution in [0.4, 0.5) is 0 Å². The first-order chi connectivity index (χ1) is 17.9. The topological polar surface area (TPSA) is 171 Å². The van der Waals surface area contributed by atoms with Crippen molar-refractivity contribution in [3.8, 4) is 5.75 Å². The fourth-order valence-corrected chi connectivity index (χ4v) is 6.50. The number of carbonyl (C=O) groups excluding carboxylic acids is 3. The molecule has 0 saturated carbocycles. The van der Waals surface area contributed by atoms with E-state index in [0.29, 0.717) is 12.0 Å². The molecular weight excluding hydrogens is 492 g/mol. The number of hydrogen-bond acceptors (Lipinski definition) is 9. The van der Waals surface area contributed by atoms with Gasteiger partial charge in [0, 0.05) is 18.1 Å². The number of nitrogens with two attached hydrogens (primary N) is 1.